The van der Waals surface area contributed by atoms with Crippen LogP contribution in [0.4, 0.5) is 0 Å². The maximum atomic E-state index is 11.1. The first-order valence-corrected chi connectivity index (χ1v) is 5.65. The molecule has 4 nitrogen and oxygen atoms in total. The van der Waals surface area contributed by atoms with Gasteiger partial charge in [-0.05, 0) is 19.1 Å². The molecule has 0 aliphatic heterocycles. The molecule has 0 atom stereocenters. The molecule has 0 radical (unpaired) electrons. The van der Waals surface area contributed by atoms with E-state index in [9.17, 15) is 4.79 Å². The Labute approximate surface area is 86.3 Å². The lowest BCUT2D eigenvalue weighted by Gasteiger charge is -2.04. The van der Waals surface area contributed by atoms with E-state index in [2.05, 4.69) is 9.97 Å². The zero-order chi connectivity index (χ0) is 10.1. The predicted octanol–water partition coefficient (Wildman–Crippen LogP) is 1.17. The highest BCUT2D eigenvalue weighted by Crippen LogP contribution is 2.40. The molecule has 1 amide bonds. The van der Waals surface area contributed by atoms with E-state index in [0.29, 0.717) is 16.6 Å². The normalized spacial score (nSPS) is 15.5. The van der Waals surface area contributed by atoms with Gasteiger partial charge in [0.15, 0.2) is 5.16 Å². The highest BCUT2D eigenvalue weighted by Gasteiger charge is 2.29. The van der Waals surface area contributed by atoms with E-state index in [1.54, 1.807) is 0 Å². The van der Waals surface area contributed by atoms with Crippen molar-refractivity contribution < 1.29 is 4.79 Å². The van der Waals surface area contributed by atoms with Gasteiger partial charge in [-0.25, -0.2) is 9.97 Å². The van der Waals surface area contributed by atoms with Gasteiger partial charge in [0.05, 0.1) is 11.3 Å². The van der Waals surface area contributed by atoms with Gasteiger partial charge >= 0.3 is 0 Å². The van der Waals surface area contributed by atoms with Crippen LogP contribution in [0.25, 0.3) is 0 Å². The maximum Gasteiger partial charge on any atom is 0.252 e. The number of amides is 1. The fraction of sp³-hybridized carbons (Fsp3) is 0.444. The first kappa shape index (κ1) is 9.45. The largest absolute Gasteiger partial charge is 0.365 e. The average molecular weight is 209 g/mol. The minimum Gasteiger partial charge on any atom is -0.365 e. The molecule has 1 fully saturated rings. The summed E-state index contributed by atoms with van der Waals surface area (Å²) in [5.74, 6) is -0.00838. The molecule has 1 aliphatic rings. The average Bonchev–Trinajstić information content (AvgIpc) is 3.00. The second-order valence-electron chi connectivity index (χ2n) is 3.29. The van der Waals surface area contributed by atoms with Gasteiger partial charge in [-0.2, -0.15) is 0 Å². The summed E-state index contributed by atoms with van der Waals surface area (Å²) in [6.07, 6.45) is 5.65. The molecule has 2 rings (SSSR count). The predicted molar refractivity (Wildman–Crippen MR) is 54.3 cm³/mol. The van der Waals surface area contributed by atoms with Crippen molar-refractivity contribution in [2.45, 2.75) is 23.9 Å². The second-order valence-corrected chi connectivity index (χ2v) is 4.07. The first-order chi connectivity index (χ1) is 6.72. The van der Waals surface area contributed by atoms with Gasteiger partial charge in [-0.3, -0.25) is 4.79 Å². The van der Waals surface area contributed by atoms with Crippen LogP contribution in [0.1, 0.15) is 34.8 Å². The van der Waals surface area contributed by atoms with E-state index in [4.69, 9.17) is 5.73 Å². The number of hydrogen-bond donors (Lipinski definition) is 1. The Hall–Kier alpha value is -1.10. The highest BCUT2D eigenvalue weighted by atomic mass is 32.2. The van der Waals surface area contributed by atoms with Crippen LogP contribution in [0, 0.1) is 0 Å². The molecule has 0 spiro atoms. The Kier molecular flexibility index (Phi) is 2.41. The lowest BCUT2D eigenvalue weighted by Crippen LogP contribution is -2.15. The molecule has 1 heterocycles. The summed E-state index contributed by atoms with van der Waals surface area (Å²) in [5, 5.41) is 0.705. The number of aromatic nitrogens is 2. The van der Waals surface area contributed by atoms with Crippen molar-refractivity contribution in [1.29, 1.82) is 0 Å². The second kappa shape index (κ2) is 3.57. The van der Waals surface area contributed by atoms with E-state index >= 15 is 0 Å². The Bertz CT molecular complexity index is 376. The van der Waals surface area contributed by atoms with Gasteiger partial charge in [-0.15, -0.1) is 0 Å². The van der Waals surface area contributed by atoms with Gasteiger partial charge in [0.1, 0.15) is 0 Å². The van der Waals surface area contributed by atoms with Gasteiger partial charge in [0.2, 0.25) is 0 Å². The van der Waals surface area contributed by atoms with Gasteiger partial charge in [0, 0.05) is 12.1 Å². The van der Waals surface area contributed by atoms with Crippen LogP contribution in [0.2, 0.25) is 0 Å². The smallest absolute Gasteiger partial charge is 0.252 e. The van der Waals surface area contributed by atoms with Crippen molar-refractivity contribution in [2.24, 2.45) is 5.73 Å². The first-order valence-electron chi connectivity index (χ1n) is 4.43. The molecule has 0 unspecified atom stereocenters. The van der Waals surface area contributed by atoms with Crippen LogP contribution in [0.5, 0.6) is 0 Å². The van der Waals surface area contributed by atoms with E-state index in [-0.39, 0.29) is 0 Å². The standard InChI is InChI=1S/C9H11N3OS/c1-14-9-11-4-6(8(10)13)7(12-9)5-2-3-5/h4-5H,2-3H2,1H3,(H2,10,13). The molecule has 0 bridgehead atoms. The number of nitrogens with zero attached hydrogens (tertiary/aromatic N) is 2. The van der Waals surface area contributed by atoms with E-state index < -0.39 is 5.91 Å². The minimum absolute atomic E-state index is 0.423. The minimum atomic E-state index is -0.431. The fourth-order valence-corrected chi connectivity index (χ4v) is 1.68. The molecule has 1 aromatic rings. The summed E-state index contributed by atoms with van der Waals surface area (Å²) in [4.78, 5) is 19.5. The number of carbonyl (C=O) groups excluding carboxylic acids is 1. The van der Waals surface area contributed by atoms with Crippen molar-refractivity contribution in [2.75, 3.05) is 6.26 Å². The Morgan fingerprint density at radius 3 is 2.86 bits per heavy atom. The van der Waals surface area contributed by atoms with Crippen LogP contribution in [-0.2, 0) is 0 Å². The molecule has 5 heteroatoms. The van der Waals surface area contributed by atoms with Crippen LogP contribution < -0.4 is 5.73 Å². The number of nitrogens with two attached hydrogens (primary N) is 1. The molecular formula is C9H11N3OS. The number of thioether (sulfide) groups is 1. The number of primary amides is 1. The molecule has 2 N–H and O–H groups in total. The molecule has 1 aliphatic carbocycles. The summed E-state index contributed by atoms with van der Waals surface area (Å²) >= 11 is 1.47. The topological polar surface area (TPSA) is 68.9 Å². The fourth-order valence-electron chi connectivity index (χ4n) is 1.33. The quantitative estimate of drug-likeness (QED) is 0.599. The number of carbonyl (C=O) groups is 1. The van der Waals surface area contributed by atoms with E-state index in [1.165, 1.54) is 18.0 Å². The van der Waals surface area contributed by atoms with Gasteiger partial charge in [0.25, 0.3) is 5.91 Å². The van der Waals surface area contributed by atoms with Crippen molar-refractivity contribution in [3.63, 3.8) is 0 Å². The molecular weight excluding hydrogens is 198 g/mol. The Morgan fingerprint density at radius 1 is 1.64 bits per heavy atom. The molecule has 0 saturated heterocycles. The maximum absolute atomic E-state index is 11.1. The van der Waals surface area contributed by atoms with Crippen molar-refractivity contribution in [3.05, 3.63) is 17.5 Å². The van der Waals surface area contributed by atoms with Crippen molar-refractivity contribution >= 4 is 17.7 Å². The third kappa shape index (κ3) is 1.72. The zero-order valence-corrected chi connectivity index (χ0v) is 8.67. The van der Waals surface area contributed by atoms with Crippen LogP contribution >= 0.6 is 11.8 Å². The summed E-state index contributed by atoms with van der Waals surface area (Å²) in [6, 6.07) is 0. The molecule has 0 aromatic carbocycles. The third-order valence-electron chi connectivity index (χ3n) is 2.21. The highest BCUT2D eigenvalue weighted by molar-refractivity contribution is 7.98. The summed E-state index contributed by atoms with van der Waals surface area (Å²) < 4.78 is 0. The molecule has 74 valence electrons. The van der Waals surface area contributed by atoms with Crippen molar-refractivity contribution in [1.82, 2.24) is 9.97 Å². The lowest BCUT2D eigenvalue weighted by molar-refractivity contribution is 0.0998. The molecule has 1 saturated carbocycles. The van der Waals surface area contributed by atoms with Crippen LogP contribution in [0.15, 0.2) is 11.4 Å². The van der Waals surface area contributed by atoms with Gasteiger partial charge in [-0.1, -0.05) is 11.8 Å². The van der Waals surface area contributed by atoms with E-state index in [1.807, 2.05) is 6.26 Å². The molecule has 14 heavy (non-hydrogen) atoms. The van der Waals surface area contributed by atoms with Crippen molar-refractivity contribution in [3.8, 4) is 0 Å². The Morgan fingerprint density at radius 2 is 2.36 bits per heavy atom. The lowest BCUT2D eigenvalue weighted by atomic mass is 10.1. The third-order valence-corrected chi connectivity index (χ3v) is 2.77. The summed E-state index contributed by atoms with van der Waals surface area (Å²) in [5.41, 5.74) is 6.55. The SMILES string of the molecule is CSc1ncc(C(N)=O)c(C2CC2)n1. The number of hydrogen-bond acceptors (Lipinski definition) is 4. The molecule has 1 aromatic heterocycles. The van der Waals surface area contributed by atoms with E-state index in [0.717, 1.165) is 18.5 Å². The van der Waals surface area contributed by atoms with Crippen LogP contribution in [-0.4, -0.2) is 22.1 Å². The zero-order valence-electron chi connectivity index (χ0n) is 7.86. The summed E-state index contributed by atoms with van der Waals surface area (Å²) in [6.45, 7) is 0. The Balaban J connectivity index is 2.43. The number of rotatable bonds is 3. The van der Waals surface area contributed by atoms with Crippen LogP contribution in [0.3, 0.4) is 0 Å². The monoisotopic (exact) mass is 209 g/mol. The summed E-state index contributed by atoms with van der Waals surface area (Å²) in [7, 11) is 0. The van der Waals surface area contributed by atoms with Gasteiger partial charge < -0.3 is 5.73 Å².